The quantitative estimate of drug-likeness (QED) is 0.805. The molecular weight excluding hydrogens is 190 g/mol. The first-order valence-corrected chi connectivity index (χ1v) is 5.85. The van der Waals surface area contributed by atoms with E-state index < -0.39 is 0 Å². The van der Waals surface area contributed by atoms with Crippen molar-refractivity contribution in [2.24, 2.45) is 0 Å². The van der Waals surface area contributed by atoms with Crippen molar-refractivity contribution in [1.82, 2.24) is 15.5 Å². The van der Waals surface area contributed by atoms with Crippen LogP contribution in [0.1, 0.15) is 56.8 Å². The van der Waals surface area contributed by atoms with E-state index >= 15 is 0 Å². The van der Waals surface area contributed by atoms with Crippen molar-refractivity contribution >= 4 is 0 Å². The van der Waals surface area contributed by atoms with Gasteiger partial charge in [-0.15, -0.1) is 0 Å². The van der Waals surface area contributed by atoms with E-state index in [0.717, 1.165) is 24.7 Å². The molecule has 0 spiro atoms. The van der Waals surface area contributed by atoms with Gasteiger partial charge < -0.3 is 9.84 Å². The molecule has 0 bridgehead atoms. The molecule has 3 rings (SSSR count). The molecule has 1 aliphatic carbocycles. The number of nitrogens with zero attached hydrogens (tertiary/aromatic N) is 2. The molecule has 0 amide bonds. The summed E-state index contributed by atoms with van der Waals surface area (Å²) in [6.07, 6.45) is 6.04. The molecule has 1 saturated heterocycles. The zero-order valence-corrected chi connectivity index (χ0v) is 9.12. The van der Waals surface area contributed by atoms with E-state index in [-0.39, 0.29) is 5.41 Å². The van der Waals surface area contributed by atoms with Gasteiger partial charge in [-0.1, -0.05) is 18.5 Å². The van der Waals surface area contributed by atoms with Crippen LogP contribution in [0.2, 0.25) is 0 Å². The van der Waals surface area contributed by atoms with Gasteiger partial charge >= 0.3 is 0 Å². The monoisotopic (exact) mass is 207 g/mol. The summed E-state index contributed by atoms with van der Waals surface area (Å²) in [6.45, 7) is 3.27. The van der Waals surface area contributed by atoms with E-state index in [4.69, 9.17) is 4.52 Å². The summed E-state index contributed by atoms with van der Waals surface area (Å²) in [7, 11) is 0. The normalized spacial score (nSPS) is 29.0. The molecule has 1 atom stereocenters. The van der Waals surface area contributed by atoms with Crippen molar-refractivity contribution in [3.63, 3.8) is 0 Å². The van der Waals surface area contributed by atoms with Crippen molar-refractivity contribution in [3.8, 4) is 0 Å². The van der Waals surface area contributed by atoms with Gasteiger partial charge in [-0.2, -0.15) is 4.98 Å². The molecule has 0 radical (unpaired) electrons. The number of rotatable bonds is 2. The van der Waals surface area contributed by atoms with Crippen LogP contribution in [0.3, 0.4) is 0 Å². The summed E-state index contributed by atoms with van der Waals surface area (Å²) in [5.41, 5.74) is 0.219. The summed E-state index contributed by atoms with van der Waals surface area (Å²) < 4.78 is 5.35. The third-order valence-electron chi connectivity index (χ3n) is 3.59. The fraction of sp³-hybridized carbons (Fsp3) is 0.818. The second kappa shape index (κ2) is 3.30. The lowest BCUT2D eigenvalue weighted by molar-refractivity contribution is 0.295. The standard InChI is InChI=1S/C11H17N3O/c1-11(5-6-11)10-13-9(15-14-10)8-4-2-3-7-12-8/h8,12H,2-7H2,1H3/t8-/m1/s1. The lowest BCUT2D eigenvalue weighted by atomic mass is 10.1. The van der Waals surface area contributed by atoms with Crippen LogP contribution in [-0.4, -0.2) is 16.7 Å². The Morgan fingerprint density at radius 2 is 2.27 bits per heavy atom. The highest BCUT2D eigenvalue weighted by Gasteiger charge is 2.43. The lowest BCUT2D eigenvalue weighted by Crippen LogP contribution is -2.27. The van der Waals surface area contributed by atoms with E-state index in [9.17, 15) is 0 Å². The SMILES string of the molecule is CC1(c2noc([C@H]3CCCCN3)n2)CC1. The second-order valence-corrected chi connectivity index (χ2v) is 5.02. The molecule has 2 aliphatic rings. The van der Waals surface area contributed by atoms with Crippen molar-refractivity contribution in [2.75, 3.05) is 6.54 Å². The average molecular weight is 207 g/mol. The molecule has 1 aromatic rings. The van der Waals surface area contributed by atoms with Gasteiger partial charge in [-0.25, -0.2) is 0 Å². The maximum atomic E-state index is 5.35. The Morgan fingerprint density at radius 3 is 2.93 bits per heavy atom. The predicted molar refractivity (Wildman–Crippen MR) is 55.5 cm³/mol. The van der Waals surface area contributed by atoms with Gasteiger partial charge in [0.15, 0.2) is 5.82 Å². The molecule has 4 heteroatoms. The number of piperidine rings is 1. The summed E-state index contributed by atoms with van der Waals surface area (Å²) in [4.78, 5) is 4.53. The molecule has 0 unspecified atom stereocenters. The topological polar surface area (TPSA) is 51.0 Å². The highest BCUT2D eigenvalue weighted by Crippen LogP contribution is 2.46. The Balaban J connectivity index is 1.77. The molecule has 82 valence electrons. The van der Waals surface area contributed by atoms with Gasteiger partial charge in [0, 0.05) is 5.41 Å². The van der Waals surface area contributed by atoms with E-state index in [1.165, 1.54) is 25.7 Å². The van der Waals surface area contributed by atoms with Crippen LogP contribution in [0, 0.1) is 0 Å². The highest BCUT2D eigenvalue weighted by atomic mass is 16.5. The third-order valence-corrected chi connectivity index (χ3v) is 3.59. The van der Waals surface area contributed by atoms with E-state index in [0.29, 0.717) is 6.04 Å². The fourth-order valence-electron chi connectivity index (χ4n) is 2.10. The smallest absolute Gasteiger partial charge is 0.243 e. The number of nitrogens with one attached hydrogen (secondary N) is 1. The summed E-state index contributed by atoms with van der Waals surface area (Å²) in [5, 5.41) is 7.52. The van der Waals surface area contributed by atoms with Gasteiger partial charge in [0.05, 0.1) is 6.04 Å². The Hall–Kier alpha value is -0.900. The first-order chi connectivity index (χ1) is 7.28. The summed E-state index contributed by atoms with van der Waals surface area (Å²) in [6, 6.07) is 0.294. The number of aromatic nitrogens is 2. The minimum absolute atomic E-state index is 0.219. The average Bonchev–Trinajstić information content (AvgIpc) is 2.85. The molecule has 1 aromatic heterocycles. The van der Waals surface area contributed by atoms with Gasteiger partial charge in [-0.3, -0.25) is 0 Å². The Morgan fingerprint density at radius 1 is 1.40 bits per heavy atom. The van der Waals surface area contributed by atoms with Crippen molar-refractivity contribution < 1.29 is 4.52 Å². The first kappa shape index (κ1) is 9.33. The van der Waals surface area contributed by atoms with Crippen LogP contribution in [0.25, 0.3) is 0 Å². The van der Waals surface area contributed by atoms with Crippen LogP contribution < -0.4 is 5.32 Å². The summed E-state index contributed by atoms with van der Waals surface area (Å²) >= 11 is 0. The molecule has 1 saturated carbocycles. The molecule has 0 aromatic carbocycles. The Bertz CT molecular complexity index is 350. The largest absolute Gasteiger partial charge is 0.338 e. The van der Waals surface area contributed by atoms with Crippen LogP contribution in [0.4, 0.5) is 0 Å². The molecule has 4 nitrogen and oxygen atoms in total. The predicted octanol–water partition coefficient (Wildman–Crippen LogP) is 1.94. The molecule has 2 fully saturated rings. The van der Waals surface area contributed by atoms with Crippen LogP contribution >= 0.6 is 0 Å². The second-order valence-electron chi connectivity index (χ2n) is 5.02. The Kier molecular flexibility index (Phi) is 2.06. The minimum atomic E-state index is 0.219. The van der Waals surface area contributed by atoms with E-state index in [1.54, 1.807) is 0 Å². The van der Waals surface area contributed by atoms with Crippen molar-refractivity contribution in [1.29, 1.82) is 0 Å². The van der Waals surface area contributed by atoms with Gasteiger partial charge in [0.25, 0.3) is 0 Å². The zero-order chi connectivity index (χ0) is 10.3. The number of hydrogen-bond donors (Lipinski definition) is 1. The number of hydrogen-bond acceptors (Lipinski definition) is 4. The van der Waals surface area contributed by atoms with Gasteiger partial charge in [0.2, 0.25) is 5.89 Å². The maximum Gasteiger partial charge on any atom is 0.243 e. The van der Waals surface area contributed by atoms with Crippen LogP contribution in [0.5, 0.6) is 0 Å². The molecule has 1 aliphatic heterocycles. The molecular formula is C11H17N3O. The van der Waals surface area contributed by atoms with Gasteiger partial charge in [0.1, 0.15) is 0 Å². The fourth-order valence-corrected chi connectivity index (χ4v) is 2.10. The minimum Gasteiger partial charge on any atom is -0.338 e. The van der Waals surface area contributed by atoms with Gasteiger partial charge in [-0.05, 0) is 32.2 Å². The van der Waals surface area contributed by atoms with E-state index in [1.807, 2.05) is 0 Å². The molecule has 1 N–H and O–H groups in total. The highest BCUT2D eigenvalue weighted by molar-refractivity contribution is 5.14. The van der Waals surface area contributed by atoms with E-state index in [2.05, 4.69) is 22.4 Å². The Labute approximate surface area is 89.4 Å². The zero-order valence-electron chi connectivity index (χ0n) is 9.12. The molecule has 15 heavy (non-hydrogen) atoms. The van der Waals surface area contributed by atoms with Crippen LogP contribution in [-0.2, 0) is 5.41 Å². The van der Waals surface area contributed by atoms with Crippen molar-refractivity contribution in [2.45, 2.75) is 50.5 Å². The van der Waals surface area contributed by atoms with Crippen molar-refractivity contribution in [3.05, 3.63) is 11.7 Å². The lowest BCUT2D eigenvalue weighted by Gasteiger charge is -2.19. The maximum absolute atomic E-state index is 5.35. The van der Waals surface area contributed by atoms with Crippen LogP contribution in [0.15, 0.2) is 4.52 Å². The first-order valence-electron chi connectivity index (χ1n) is 5.85. The summed E-state index contributed by atoms with van der Waals surface area (Å²) in [5.74, 6) is 1.70. The molecule has 2 heterocycles. The third kappa shape index (κ3) is 1.67.